The molecule has 1 aliphatic carbocycles. The van der Waals surface area contributed by atoms with Gasteiger partial charge in [-0.05, 0) is 61.1 Å². The van der Waals surface area contributed by atoms with Crippen LogP contribution in [0.3, 0.4) is 0 Å². The van der Waals surface area contributed by atoms with Crippen molar-refractivity contribution in [3.63, 3.8) is 0 Å². The van der Waals surface area contributed by atoms with Gasteiger partial charge in [0.15, 0.2) is 6.29 Å². The number of benzene rings is 2. The molecule has 1 saturated carbocycles. The first kappa shape index (κ1) is 25.4. The molecule has 1 heterocycles. The van der Waals surface area contributed by atoms with Gasteiger partial charge in [-0.25, -0.2) is 4.39 Å². The third kappa shape index (κ3) is 6.70. The van der Waals surface area contributed by atoms with Crippen molar-refractivity contribution in [1.82, 2.24) is 0 Å². The summed E-state index contributed by atoms with van der Waals surface area (Å²) in [5, 5.41) is 0. The predicted molar refractivity (Wildman–Crippen MR) is 138 cm³/mol. The standard InChI is InChI=1S/C31H43FO2/c1-3-5-6-7-8-9-24-21-33-31(34-22-24)27-16-14-26(15-17-27)29-19-18-28(20-30(29)32)25-12-10-23(4-2)11-13-25/h14-20,23-25,31H,3-13,21-22H2,1-2H3. The lowest BCUT2D eigenvalue weighted by molar-refractivity contribution is -0.206. The molecule has 0 radical (unpaired) electrons. The highest BCUT2D eigenvalue weighted by Crippen LogP contribution is 2.38. The smallest absolute Gasteiger partial charge is 0.183 e. The Hall–Kier alpha value is -1.71. The van der Waals surface area contributed by atoms with E-state index in [0.29, 0.717) is 17.4 Å². The van der Waals surface area contributed by atoms with Gasteiger partial charge >= 0.3 is 0 Å². The van der Waals surface area contributed by atoms with E-state index in [1.807, 2.05) is 30.3 Å². The molecular weight excluding hydrogens is 423 g/mol. The molecular formula is C31H43FO2. The molecule has 0 spiro atoms. The lowest BCUT2D eigenvalue weighted by Gasteiger charge is -2.29. The number of rotatable bonds is 10. The Bertz CT molecular complexity index is 862. The van der Waals surface area contributed by atoms with Crippen molar-refractivity contribution in [2.75, 3.05) is 13.2 Å². The third-order valence-corrected chi connectivity index (χ3v) is 8.07. The monoisotopic (exact) mass is 466 g/mol. The van der Waals surface area contributed by atoms with Crippen LogP contribution in [-0.4, -0.2) is 13.2 Å². The maximum Gasteiger partial charge on any atom is 0.183 e. The van der Waals surface area contributed by atoms with Gasteiger partial charge in [0.25, 0.3) is 0 Å². The van der Waals surface area contributed by atoms with E-state index in [9.17, 15) is 0 Å². The van der Waals surface area contributed by atoms with Gasteiger partial charge in [0, 0.05) is 17.0 Å². The van der Waals surface area contributed by atoms with Crippen molar-refractivity contribution in [1.29, 1.82) is 0 Å². The fourth-order valence-electron chi connectivity index (χ4n) is 5.68. The van der Waals surface area contributed by atoms with Crippen LogP contribution in [0.1, 0.15) is 108 Å². The summed E-state index contributed by atoms with van der Waals surface area (Å²) in [5.74, 6) is 1.75. The van der Waals surface area contributed by atoms with Crippen molar-refractivity contribution in [3.8, 4) is 11.1 Å². The highest BCUT2D eigenvalue weighted by atomic mass is 19.1. The molecule has 0 bridgehead atoms. The van der Waals surface area contributed by atoms with Gasteiger partial charge in [0.05, 0.1) is 13.2 Å². The van der Waals surface area contributed by atoms with E-state index in [2.05, 4.69) is 19.9 Å². The molecule has 2 fully saturated rings. The van der Waals surface area contributed by atoms with Crippen LogP contribution in [0, 0.1) is 17.7 Å². The lowest BCUT2D eigenvalue weighted by atomic mass is 9.77. The fraction of sp³-hybridized carbons (Fsp3) is 0.613. The second-order valence-electron chi connectivity index (χ2n) is 10.6. The first-order valence-corrected chi connectivity index (χ1v) is 13.8. The number of unbranched alkanes of at least 4 members (excludes halogenated alkanes) is 4. The van der Waals surface area contributed by atoms with Crippen LogP contribution in [0.15, 0.2) is 42.5 Å². The number of hydrogen-bond acceptors (Lipinski definition) is 2. The second kappa shape index (κ2) is 12.8. The molecule has 2 aromatic rings. The topological polar surface area (TPSA) is 18.5 Å². The molecule has 2 aromatic carbocycles. The lowest BCUT2D eigenvalue weighted by Crippen LogP contribution is -2.27. The quantitative estimate of drug-likeness (QED) is 0.325. The molecule has 1 aliphatic heterocycles. The van der Waals surface area contributed by atoms with E-state index in [1.165, 1.54) is 70.6 Å². The molecule has 1 saturated heterocycles. The molecule has 0 aromatic heterocycles. The summed E-state index contributed by atoms with van der Waals surface area (Å²) >= 11 is 0. The van der Waals surface area contributed by atoms with Crippen LogP contribution < -0.4 is 0 Å². The Balaban J connectivity index is 1.29. The van der Waals surface area contributed by atoms with Crippen molar-refractivity contribution >= 4 is 0 Å². The average molecular weight is 467 g/mol. The summed E-state index contributed by atoms with van der Waals surface area (Å²) in [6.07, 6.45) is 13.6. The fourth-order valence-corrected chi connectivity index (χ4v) is 5.68. The van der Waals surface area contributed by atoms with Crippen LogP contribution in [-0.2, 0) is 9.47 Å². The minimum Gasteiger partial charge on any atom is -0.348 e. The molecule has 186 valence electrons. The van der Waals surface area contributed by atoms with E-state index in [4.69, 9.17) is 9.47 Å². The van der Waals surface area contributed by atoms with E-state index in [-0.39, 0.29) is 12.1 Å². The maximum absolute atomic E-state index is 15.1. The van der Waals surface area contributed by atoms with Crippen LogP contribution in [0.25, 0.3) is 11.1 Å². The largest absolute Gasteiger partial charge is 0.348 e. The Morgan fingerprint density at radius 1 is 0.765 bits per heavy atom. The zero-order valence-electron chi connectivity index (χ0n) is 21.2. The zero-order chi connectivity index (χ0) is 23.8. The molecule has 2 nitrogen and oxygen atoms in total. The highest BCUT2D eigenvalue weighted by Gasteiger charge is 2.24. The highest BCUT2D eigenvalue weighted by molar-refractivity contribution is 5.65. The Morgan fingerprint density at radius 2 is 1.44 bits per heavy atom. The van der Waals surface area contributed by atoms with E-state index >= 15 is 4.39 Å². The van der Waals surface area contributed by atoms with Crippen LogP contribution in [0.2, 0.25) is 0 Å². The van der Waals surface area contributed by atoms with Crippen LogP contribution in [0.4, 0.5) is 4.39 Å². The summed E-state index contributed by atoms with van der Waals surface area (Å²) in [4.78, 5) is 0. The van der Waals surface area contributed by atoms with Gasteiger partial charge in [-0.15, -0.1) is 0 Å². The van der Waals surface area contributed by atoms with Gasteiger partial charge < -0.3 is 9.47 Å². The maximum atomic E-state index is 15.1. The average Bonchev–Trinajstić information content (AvgIpc) is 2.89. The predicted octanol–water partition coefficient (Wildman–Crippen LogP) is 9.20. The Kier molecular flexibility index (Phi) is 9.58. The van der Waals surface area contributed by atoms with Crippen LogP contribution in [0.5, 0.6) is 0 Å². The van der Waals surface area contributed by atoms with Crippen molar-refractivity contribution in [2.24, 2.45) is 11.8 Å². The minimum absolute atomic E-state index is 0.116. The van der Waals surface area contributed by atoms with Gasteiger partial charge in [-0.1, -0.05) is 88.8 Å². The number of ether oxygens (including phenoxy) is 2. The molecule has 3 heteroatoms. The first-order valence-electron chi connectivity index (χ1n) is 13.8. The van der Waals surface area contributed by atoms with Crippen molar-refractivity contribution < 1.29 is 13.9 Å². The Morgan fingerprint density at radius 3 is 2.09 bits per heavy atom. The molecule has 0 N–H and O–H groups in total. The van der Waals surface area contributed by atoms with E-state index < -0.39 is 0 Å². The van der Waals surface area contributed by atoms with E-state index in [0.717, 1.165) is 35.8 Å². The minimum atomic E-state index is -0.309. The van der Waals surface area contributed by atoms with Gasteiger partial charge in [0.1, 0.15) is 5.82 Å². The summed E-state index contributed by atoms with van der Waals surface area (Å²) in [7, 11) is 0. The summed E-state index contributed by atoms with van der Waals surface area (Å²) in [5.41, 5.74) is 3.75. The Labute approximate surface area is 206 Å². The van der Waals surface area contributed by atoms with Gasteiger partial charge in [-0.2, -0.15) is 0 Å². The van der Waals surface area contributed by atoms with Crippen LogP contribution >= 0.6 is 0 Å². The van der Waals surface area contributed by atoms with Gasteiger partial charge in [0.2, 0.25) is 0 Å². The summed E-state index contributed by atoms with van der Waals surface area (Å²) in [6, 6.07) is 13.9. The molecule has 0 amide bonds. The summed E-state index contributed by atoms with van der Waals surface area (Å²) < 4.78 is 27.1. The zero-order valence-corrected chi connectivity index (χ0v) is 21.2. The van der Waals surface area contributed by atoms with Crippen molar-refractivity contribution in [3.05, 3.63) is 59.4 Å². The number of halogens is 1. The molecule has 2 aliphatic rings. The normalized spacial score (nSPS) is 25.4. The molecule has 4 rings (SSSR count). The SMILES string of the molecule is CCCCCCCC1COC(c2ccc(-c3ccc(C4CCC(CC)CC4)cc3F)cc2)OC1. The second-order valence-corrected chi connectivity index (χ2v) is 10.6. The van der Waals surface area contributed by atoms with E-state index in [1.54, 1.807) is 6.07 Å². The number of hydrogen-bond donors (Lipinski definition) is 0. The molecule has 0 atom stereocenters. The third-order valence-electron chi connectivity index (χ3n) is 8.07. The molecule has 0 unspecified atom stereocenters. The molecule has 34 heavy (non-hydrogen) atoms. The van der Waals surface area contributed by atoms with Crippen molar-refractivity contribution in [2.45, 2.75) is 96.7 Å². The van der Waals surface area contributed by atoms with Gasteiger partial charge in [-0.3, -0.25) is 0 Å². The summed E-state index contributed by atoms with van der Waals surface area (Å²) in [6.45, 7) is 6.05. The first-order chi connectivity index (χ1) is 16.7.